The summed E-state index contributed by atoms with van der Waals surface area (Å²) < 4.78 is 47.8. The predicted octanol–water partition coefficient (Wildman–Crippen LogP) is 5.44. The molecule has 0 amide bonds. The standard InChI is InChI=1S/C23H27F3O2/c1-15-10-16(2)12-17(11-15)13-22(27,23(24,25)26)14-21(3,4)19-7-5-6-18-8-9-28-20(18)19/h5-7,10-12,27H,8-9,13-14H2,1-4H3. The van der Waals surface area contributed by atoms with Gasteiger partial charge in [0.15, 0.2) is 5.60 Å². The van der Waals surface area contributed by atoms with Crippen LogP contribution < -0.4 is 4.74 Å². The second-order valence-electron chi connectivity index (χ2n) is 8.66. The maximum Gasteiger partial charge on any atom is 0.417 e. The van der Waals surface area contributed by atoms with E-state index in [1.165, 1.54) is 0 Å². The fourth-order valence-electron chi connectivity index (χ4n) is 4.35. The molecule has 28 heavy (non-hydrogen) atoms. The third-order valence-electron chi connectivity index (χ3n) is 5.48. The molecule has 1 atom stereocenters. The van der Waals surface area contributed by atoms with Gasteiger partial charge in [-0.05, 0) is 36.8 Å². The van der Waals surface area contributed by atoms with E-state index >= 15 is 0 Å². The molecule has 0 saturated carbocycles. The van der Waals surface area contributed by atoms with Gasteiger partial charge in [0.05, 0.1) is 6.61 Å². The lowest BCUT2D eigenvalue weighted by atomic mass is 9.72. The number of alkyl halides is 3. The molecule has 1 aliphatic rings. The van der Waals surface area contributed by atoms with Crippen molar-refractivity contribution in [1.82, 2.24) is 0 Å². The first-order chi connectivity index (χ1) is 12.9. The molecule has 152 valence electrons. The van der Waals surface area contributed by atoms with Gasteiger partial charge in [0, 0.05) is 18.4 Å². The number of ether oxygens (including phenoxy) is 1. The van der Waals surface area contributed by atoms with E-state index < -0.39 is 30.0 Å². The lowest BCUT2D eigenvalue weighted by Gasteiger charge is -2.38. The quantitative estimate of drug-likeness (QED) is 0.734. The van der Waals surface area contributed by atoms with Gasteiger partial charge in [-0.3, -0.25) is 0 Å². The Morgan fingerprint density at radius 3 is 2.29 bits per heavy atom. The monoisotopic (exact) mass is 392 g/mol. The highest BCUT2D eigenvalue weighted by molar-refractivity contribution is 5.47. The molecule has 3 rings (SSSR count). The van der Waals surface area contributed by atoms with Crippen molar-refractivity contribution < 1.29 is 23.0 Å². The molecular formula is C23H27F3O2. The molecule has 0 bridgehead atoms. The topological polar surface area (TPSA) is 29.5 Å². The molecule has 2 aromatic rings. The molecule has 0 radical (unpaired) electrons. The maximum atomic E-state index is 14.0. The molecule has 1 heterocycles. The third-order valence-corrected chi connectivity index (χ3v) is 5.48. The van der Waals surface area contributed by atoms with Crippen LogP contribution in [0.15, 0.2) is 36.4 Å². The molecule has 5 heteroatoms. The first kappa shape index (κ1) is 20.7. The molecule has 0 spiro atoms. The summed E-state index contributed by atoms with van der Waals surface area (Å²) in [5.74, 6) is 0.670. The van der Waals surface area contributed by atoms with Crippen LogP contribution in [0.5, 0.6) is 5.75 Å². The van der Waals surface area contributed by atoms with Gasteiger partial charge >= 0.3 is 6.18 Å². The number of aliphatic hydroxyl groups is 1. The average molecular weight is 392 g/mol. The van der Waals surface area contributed by atoms with Crippen molar-refractivity contribution in [3.63, 3.8) is 0 Å². The number of hydrogen-bond donors (Lipinski definition) is 1. The number of rotatable bonds is 5. The highest BCUT2D eigenvalue weighted by atomic mass is 19.4. The molecule has 0 aromatic heterocycles. The minimum absolute atomic E-state index is 0.448. The van der Waals surface area contributed by atoms with Crippen LogP contribution in [0.2, 0.25) is 0 Å². The highest BCUT2D eigenvalue weighted by Crippen LogP contribution is 2.46. The molecule has 0 aliphatic carbocycles. The zero-order chi connectivity index (χ0) is 20.7. The van der Waals surface area contributed by atoms with Gasteiger partial charge in [-0.1, -0.05) is 61.4 Å². The van der Waals surface area contributed by atoms with Crippen molar-refractivity contribution in [3.8, 4) is 5.75 Å². The molecule has 0 saturated heterocycles. The van der Waals surface area contributed by atoms with Crippen molar-refractivity contribution >= 4 is 0 Å². The normalized spacial score (nSPS) is 16.4. The van der Waals surface area contributed by atoms with Gasteiger partial charge < -0.3 is 9.84 Å². The van der Waals surface area contributed by atoms with E-state index in [1.54, 1.807) is 32.0 Å². The van der Waals surface area contributed by atoms with E-state index in [-0.39, 0.29) is 0 Å². The Hall–Kier alpha value is -2.01. The van der Waals surface area contributed by atoms with Crippen LogP contribution in [0.1, 0.15) is 48.1 Å². The summed E-state index contributed by atoms with van der Waals surface area (Å²) in [5, 5.41) is 10.9. The van der Waals surface area contributed by atoms with E-state index in [1.807, 2.05) is 32.0 Å². The van der Waals surface area contributed by atoms with E-state index in [0.717, 1.165) is 23.1 Å². The predicted molar refractivity (Wildman–Crippen MR) is 104 cm³/mol. The Morgan fingerprint density at radius 1 is 1.04 bits per heavy atom. The van der Waals surface area contributed by atoms with Gasteiger partial charge in [0.1, 0.15) is 5.75 Å². The Morgan fingerprint density at radius 2 is 1.68 bits per heavy atom. The van der Waals surface area contributed by atoms with Crippen molar-refractivity contribution in [2.24, 2.45) is 0 Å². The van der Waals surface area contributed by atoms with Crippen molar-refractivity contribution in [1.29, 1.82) is 0 Å². The van der Waals surface area contributed by atoms with Crippen molar-refractivity contribution in [2.45, 2.75) is 64.1 Å². The van der Waals surface area contributed by atoms with Gasteiger partial charge in [-0.2, -0.15) is 13.2 Å². The number of hydrogen-bond acceptors (Lipinski definition) is 2. The summed E-state index contributed by atoms with van der Waals surface area (Å²) >= 11 is 0. The zero-order valence-corrected chi connectivity index (χ0v) is 16.8. The molecule has 1 N–H and O–H groups in total. The van der Waals surface area contributed by atoms with Gasteiger partial charge in [-0.25, -0.2) is 0 Å². The van der Waals surface area contributed by atoms with Crippen LogP contribution in [-0.4, -0.2) is 23.5 Å². The van der Waals surface area contributed by atoms with Crippen LogP contribution >= 0.6 is 0 Å². The van der Waals surface area contributed by atoms with E-state index in [0.29, 0.717) is 23.5 Å². The number of benzene rings is 2. The zero-order valence-electron chi connectivity index (χ0n) is 16.8. The first-order valence-electron chi connectivity index (χ1n) is 9.53. The Kier molecular flexibility index (Phi) is 5.26. The third kappa shape index (κ3) is 4.04. The van der Waals surface area contributed by atoms with Crippen LogP contribution in [0, 0.1) is 13.8 Å². The summed E-state index contributed by atoms with van der Waals surface area (Å²) in [6.07, 6.45) is -4.92. The molecule has 1 aliphatic heterocycles. The van der Waals surface area contributed by atoms with Crippen molar-refractivity contribution in [2.75, 3.05) is 6.61 Å². The lowest BCUT2D eigenvalue weighted by molar-refractivity contribution is -0.266. The van der Waals surface area contributed by atoms with Gasteiger partial charge in [0.2, 0.25) is 0 Å². The second kappa shape index (κ2) is 7.11. The Labute approximate surface area is 164 Å². The Balaban J connectivity index is 1.97. The molecular weight excluding hydrogens is 365 g/mol. The minimum Gasteiger partial charge on any atom is -0.493 e. The molecule has 2 nitrogen and oxygen atoms in total. The molecule has 0 fully saturated rings. The summed E-state index contributed by atoms with van der Waals surface area (Å²) in [6, 6.07) is 10.9. The maximum absolute atomic E-state index is 14.0. The number of aryl methyl sites for hydroxylation is 2. The largest absolute Gasteiger partial charge is 0.493 e. The van der Waals surface area contributed by atoms with Crippen LogP contribution in [0.4, 0.5) is 13.2 Å². The summed E-state index contributed by atoms with van der Waals surface area (Å²) in [5.41, 5.74) is 0.224. The minimum atomic E-state index is -4.75. The number of fused-ring (bicyclic) bond motifs is 1. The molecule has 1 unspecified atom stereocenters. The highest BCUT2D eigenvalue weighted by Gasteiger charge is 2.56. The SMILES string of the molecule is Cc1cc(C)cc(CC(O)(CC(C)(C)c2cccc3c2OCC3)C(F)(F)F)c1. The van der Waals surface area contributed by atoms with Crippen LogP contribution in [-0.2, 0) is 18.3 Å². The average Bonchev–Trinajstić information content (AvgIpc) is 3.00. The fourth-order valence-corrected chi connectivity index (χ4v) is 4.35. The van der Waals surface area contributed by atoms with E-state index in [4.69, 9.17) is 4.74 Å². The second-order valence-corrected chi connectivity index (χ2v) is 8.66. The van der Waals surface area contributed by atoms with E-state index in [2.05, 4.69) is 0 Å². The lowest BCUT2D eigenvalue weighted by Crippen LogP contribution is -2.50. The van der Waals surface area contributed by atoms with Crippen LogP contribution in [0.25, 0.3) is 0 Å². The van der Waals surface area contributed by atoms with Crippen LogP contribution in [0.3, 0.4) is 0 Å². The smallest absolute Gasteiger partial charge is 0.417 e. The molecule has 2 aromatic carbocycles. The Bertz CT molecular complexity index is 850. The van der Waals surface area contributed by atoms with E-state index in [9.17, 15) is 18.3 Å². The van der Waals surface area contributed by atoms with Crippen molar-refractivity contribution in [3.05, 3.63) is 64.2 Å². The fraction of sp³-hybridized carbons (Fsp3) is 0.478. The summed E-state index contributed by atoms with van der Waals surface area (Å²) in [7, 11) is 0. The summed E-state index contributed by atoms with van der Waals surface area (Å²) in [4.78, 5) is 0. The van der Waals surface area contributed by atoms with Gasteiger partial charge in [0.25, 0.3) is 0 Å². The van der Waals surface area contributed by atoms with Gasteiger partial charge in [-0.15, -0.1) is 0 Å². The first-order valence-corrected chi connectivity index (χ1v) is 9.53. The number of halogens is 3. The summed E-state index contributed by atoms with van der Waals surface area (Å²) in [6.45, 7) is 7.70. The number of para-hydroxylation sites is 1.